The lowest BCUT2D eigenvalue weighted by atomic mass is 9.81. The van der Waals surface area contributed by atoms with E-state index in [0.29, 0.717) is 18.5 Å². The van der Waals surface area contributed by atoms with Gasteiger partial charge in [0.2, 0.25) is 6.54 Å². The molecule has 1 aromatic rings. The van der Waals surface area contributed by atoms with E-state index in [2.05, 4.69) is 0 Å². The van der Waals surface area contributed by atoms with Crippen molar-refractivity contribution >= 4 is 13.6 Å². The number of aliphatic hydroxyl groups excluding tert-OH is 1. The van der Waals surface area contributed by atoms with E-state index in [0.717, 1.165) is 17.3 Å². The minimum Gasteiger partial charge on any atom is -0.382 e. The maximum Gasteiger partial charge on any atom is 0.293 e. The highest BCUT2D eigenvalue weighted by Crippen LogP contribution is 2.33. The van der Waals surface area contributed by atoms with Crippen molar-refractivity contribution in [2.75, 3.05) is 13.1 Å². The summed E-state index contributed by atoms with van der Waals surface area (Å²) in [4.78, 5) is 22.6. The van der Waals surface area contributed by atoms with Crippen LogP contribution in [0.5, 0.6) is 0 Å². The predicted octanol–water partition coefficient (Wildman–Crippen LogP) is 0.725. The number of rotatable bonds is 5. The number of benzene rings is 1. The van der Waals surface area contributed by atoms with Crippen molar-refractivity contribution in [1.82, 2.24) is 4.81 Å². The summed E-state index contributed by atoms with van der Waals surface area (Å²) in [6.45, 7) is 2.14. The molecule has 20 heavy (non-hydrogen) atoms. The Morgan fingerprint density at radius 2 is 2.40 bits per heavy atom. The van der Waals surface area contributed by atoms with Crippen LogP contribution in [0.1, 0.15) is 35.8 Å². The number of nitrogens with zero attached hydrogens (tertiary/aromatic N) is 2. The Morgan fingerprint density at radius 3 is 3.05 bits per heavy atom. The van der Waals surface area contributed by atoms with Crippen LogP contribution in [0, 0.1) is 10.1 Å². The lowest BCUT2D eigenvalue weighted by Gasteiger charge is -2.35. The molecule has 0 fully saturated rings. The molecule has 105 valence electrons. The summed E-state index contributed by atoms with van der Waals surface area (Å²) in [5.74, 6) is 0. The van der Waals surface area contributed by atoms with E-state index in [1.54, 1.807) is 12.1 Å². The van der Waals surface area contributed by atoms with Crippen LogP contribution in [-0.2, 0) is 11.2 Å². The first-order valence-electron chi connectivity index (χ1n) is 6.50. The van der Waals surface area contributed by atoms with Gasteiger partial charge in [0.15, 0.2) is 0 Å². The van der Waals surface area contributed by atoms with Crippen molar-refractivity contribution in [2.45, 2.75) is 25.5 Å². The number of carbonyl (C=O) groups excluding carboxylic acids is 1. The number of hydrogen-bond donors (Lipinski definition) is 1. The normalized spacial score (nSPS) is 20.0. The van der Waals surface area contributed by atoms with Crippen molar-refractivity contribution in [2.24, 2.45) is 0 Å². The molecule has 1 aliphatic rings. The molecular weight excluding hydrogens is 259 g/mol. The Balaban J connectivity index is 2.31. The molecule has 1 heterocycles. The molecule has 1 N–H and O–H groups in total. The van der Waals surface area contributed by atoms with Gasteiger partial charge < -0.3 is 14.7 Å². The number of aliphatic hydroxyl groups is 1. The second-order valence-corrected chi connectivity index (χ2v) is 4.90. The zero-order valence-electron chi connectivity index (χ0n) is 11.2. The van der Waals surface area contributed by atoms with Crippen LogP contribution >= 0.6 is 0 Å². The molecule has 7 heteroatoms. The minimum atomic E-state index is -1.09. The smallest absolute Gasteiger partial charge is 0.293 e. The van der Waals surface area contributed by atoms with Crippen molar-refractivity contribution in [3.8, 4) is 0 Å². The Bertz CT molecular complexity index is 523. The van der Waals surface area contributed by atoms with Crippen LogP contribution in [-0.4, -0.2) is 41.5 Å². The molecule has 0 spiro atoms. The fourth-order valence-corrected chi connectivity index (χ4v) is 2.75. The van der Waals surface area contributed by atoms with Gasteiger partial charge in [0, 0.05) is 11.0 Å². The molecule has 0 saturated heterocycles. The molecule has 0 saturated carbocycles. The number of hydrogen-bond acceptors (Lipinski definition) is 5. The summed E-state index contributed by atoms with van der Waals surface area (Å²) in [6.07, 6.45) is 0.329. The second-order valence-electron chi connectivity index (χ2n) is 4.90. The molecule has 1 radical (unpaired) electrons. The third-order valence-corrected chi connectivity index (χ3v) is 3.75. The molecular formula is C13H16BN2O4. The SMILES string of the molecule is C[C@H]1c2cccc(C(O)C[N+](=O)[O-])c2CCN1[B]C=O. The van der Waals surface area contributed by atoms with Crippen LogP contribution in [0.15, 0.2) is 18.2 Å². The van der Waals surface area contributed by atoms with Gasteiger partial charge in [0.05, 0.1) is 6.19 Å². The number of nitro groups is 1. The van der Waals surface area contributed by atoms with E-state index in [1.807, 2.05) is 17.8 Å². The van der Waals surface area contributed by atoms with Crippen molar-refractivity contribution in [3.05, 3.63) is 45.0 Å². The lowest BCUT2D eigenvalue weighted by Crippen LogP contribution is -2.38. The summed E-state index contributed by atoms with van der Waals surface area (Å²) in [6, 6.07) is 5.48. The van der Waals surface area contributed by atoms with Crippen LogP contribution in [0.3, 0.4) is 0 Å². The Hall–Kier alpha value is -1.73. The second kappa shape index (κ2) is 6.15. The molecule has 0 bridgehead atoms. The quantitative estimate of drug-likeness (QED) is 0.370. The Morgan fingerprint density at radius 1 is 1.65 bits per heavy atom. The molecule has 6 nitrogen and oxygen atoms in total. The van der Waals surface area contributed by atoms with E-state index >= 15 is 0 Å². The fourth-order valence-electron chi connectivity index (χ4n) is 2.75. The van der Waals surface area contributed by atoms with Crippen LogP contribution in [0.4, 0.5) is 0 Å². The van der Waals surface area contributed by atoms with Gasteiger partial charge in [-0.2, -0.15) is 0 Å². The zero-order valence-corrected chi connectivity index (χ0v) is 11.2. The summed E-state index contributed by atoms with van der Waals surface area (Å²) in [7, 11) is 1.51. The molecule has 1 aliphatic heterocycles. The minimum absolute atomic E-state index is 0.0201. The van der Waals surface area contributed by atoms with E-state index in [1.165, 1.54) is 7.41 Å². The summed E-state index contributed by atoms with van der Waals surface area (Å²) >= 11 is 0. The van der Waals surface area contributed by atoms with Gasteiger partial charge in [-0.25, -0.2) is 0 Å². The maximum atomic E-state index is 10.6. The maximum absolute atomic E-state index is 10.6. The van der Waals surface area contributed by atoms with Gasteiger partial charge in [-0.1, -0.05) is 18.2 Å². The molecule has 0 amide bonds. The average Bonchev–Trinajstić information content (AvgIpc) is 2.41. The zero-order chi connectivity index (χ0) is 14.7. The van der Waals surface area contributed by atoms with Gasteiger partial charge in [-0.05, 0) is 36.6 Å². The van der Waals surface area contributed by atoms with Crippen LogP contribution in [0.2, 0.25) is 0 Å². The highest BCUT2D eigenvalue weighted by atomic mass is 16.6. The largest absolute Gasteiger partial charge is 0.382 e. The van der Waals surface area contributed by atoms with E-state index in [9.17, 15) is 20.0 Å². The number of carbonyl (C=O) groups is 1. The summed E-state index contributed by atoms with van der Waals surface area (Å²) < 4.78 is 0. The van der Waals surface area contributed by atoms with Crippen molar-refractivity contribution < 1.29 is 14.8 Å². The van der Waals surface area contributed by atoms with Gasteiger partial charge in [-0.3, -0.25) is 10.1 Å². The number of fused-ring (bicyclic) bond motifs is 1. The standard InChI is InChI=1S/C13H16BN2O4/c1-9-10-3-2-4-12(13(18)7-16(19)20)11(10)5-6-15(9)14-8-17/h2-4,8-9,13,18H,5-7H2,1H3/t9-,13?/m0/s1. The lowest BCUT2D eigenvalue weighted by molar-refractivity contribution is -0.491. The van der Waals surface area contributed by atoms with Crippen molar-refractivity contribution in [3.63, 3.8) is 0 Å². The fraction of sp³-hybridized carbons (Fsp3) is 0.462. The van der Waals surface area contributed by atoms with E-state index in [4.69, 9.17) is 0 Å². The predicted molar refractivity (Wildman–Crippen MR) is 74.6 cm³/mol. The molecule has 1 unspecified atom stereocenters. The monoisotopic (exact) mass is 275 g/mol. The van der Waals surface area contributed by atoms with Gasteiger partial charge in [0.1, 0.15) is 6.10 Å². The summed E-state index contributed by atoms with van der Waals surface area (Å²) in [5, 5.41) is 20.5. The highest BCUT2D eigenvalue weighted by Gasteiger charge is 2.28. The van der Waals surface area contributed by atoms with E-state index < -0.39 is 17.6 Å². The Kier molecular flexibility index (Phi) is 4.51. The van der Waals surface area contributed by atoms with Crippen LogP contribution in [0.25, 0.3) is 0 Å². The molecule has 2 atom stereocenters. The topological polar surface area (TPSA) is 83.7 Å². The molecule has 0 aliphatic carbocycles. The first-order valence-corrected chi connectivity index (χ1v) is 6.50. The molecule has 0 aromatic heterocycles. The third-order valence-electron chi connectivity index (χ3n) is 3.75. The van der Waals surface area contributed by atoms with Gasteiger partial charge in [0.25, 0.3) is 7.41 Å². The Labute approximate surface area is 117 Å². The average molecular weight is 275 g/mol. The summed E-state index contributed by atoms with van der Waals surface area (Å²) in [5.41, 5.74) is 2.59. The van der Waals surface area contributed by atoms with Gasteiger partial charge >= 0.3 is 0 Å². The third kappa shape index (κ3) is 2.89. The molecule has 2 rings (SSSR count). The molecule has 1 aromatic carbocycles. The highest BCUT2D eigenvalue weighted by molar-refractivity contribution is 6.64. The van der Waals surface area contributed by atoms with Gasteiger partial charge in [-0.15, -0.1) is 0 Å². The van der Waals surface area contributed by atoms with E-state index in [-0.39, 0.29) is 6.04 Å². The first-order chi connectivity index (χ1) is 9.54. The van der Waals surface area contributed by atoms with Crippen LogP contribution < -0.4 is 0 Å². The van der Waals surface area contributed by atoms with Crippen molar-refractivity contribution in [1.29, 1.82) is 0 Å². The first kappa shape index (κ1) is 14.7.